The molecular formula is C20H25N5O3S2. The van der Waals surface area contributed by atoms with Gasteiger partial charge in [0.15, 0.2) is 0 Å². The summed E-state index contributed by atoms with van der Waals surface area (Å²) in [6.07, 6.45) is 5.49. The number of fused-ring (bicyclic) bond motifs is 1. The molecule has 0 aliphatic carbocycles. The second-order valence-electron chi connectivity index (χ2n) is 8.04. The number of hydrogen-bond donors (Lipinski definition) is 0. The molecule has 5 rings (SSSR count). The second-order valence-corrected chi connectivity index (χ2v) is 10.5. The molecule has 4 heterocycles. The molecule has 0 spiro atoms. The summed E-state index contributed by atoms with van der Waals surface area (Å²) in [5, 5.41) is 0. The van der Waals surface area contributed by atoms with Crippen LogP contribution < -0.4 is 0 Å². The van der Waals surface area contributed by atoms with Crippen molar-refractivity contribution in [2.24, 2.45) is 0 Å². The number of sulfonamides is 1. The van der Waals surface area contributed by atoms with Gasteiger partial charge in [-0.05, 0) is 44.7 Å². The van der Waals surface area contributed by atoms with E-state index in [-0.39, 0.29) is 10.9 Å². The van der Waals surface area contributed by atoms with Crippen LogP contribution in [0, 0.1) is 6.92 Å². The molecule has 1 aromatic carbocycles. The topological polar surface area (TPSA) is 90.2 Å². The Morgan fingerprint density at radius 3 is 2.63 bits per heavy atom. The molecule has 0 amide bonds. The van der Waals surface area contributed by atoms with Crippen LogP contribution in [-0.4, -0.2) is 57.3 Å². The Kier molecular flexibility index (Phi) is 5.34. The fraction of sp³-hybridized carbons (Fsp3) is 0.550. The minimum absolute atomic E-state index is 0.258. The maximum Gasteiger partial charge on any atom is 0.245 e. The van der Waals surface area contributed by atoms with E-state index in [0.717, 1.165) is 62.1 Å². The molecule has 2 aliphatic heterocycles. The SMILES string of the molecule is Cc1cnc(C2CCOCC2)n1C1CCN(S(=O)(=O)c2cccc3nsnc23)CC1. The number of hydrogen-bond acceptors (Lipinski definition) is 7. The molecule has 2 fully saturated rings. The Bertz CT molecular complexity index is 1140. The van der Waals surface area contributed by atoms with Crippen LogP contribution in [0.15, 0.2) is 29.3 Å². The molecule has 0 unspecified atom stereocenters. The van der Waals surface area contributed by atoms with Crippen LogP contribution in [-0.2, 0) is 14.8 Å². The monoisotopic (exact) mass is 447 g/mol. The highest BCUT2D eigenvalue weighted by Gasteiger charge is 2.33. The number of nitrogens with zero attached hydrogens (tertiary/aromatic N) is 5. The van der Waals surface area contributed by atoms with Crippen LogP contribution >= 0.6 is 11.7 Å². The van der Waals surface area contributed by atoms with Gasteiger partial charge in [0, 0.05) is 50.2 Å². The average Bonchev–Trinajstić information content (AvgIpc) is 3.40. The van der Waals surface area contributed by atoms with Crippen molar-refractivity contribution in [2.75, 3.05) is 26.3 Å². The third-order valence-corrected chi connectivity index (χ3v) is 8.73. The highest BCUT2D eigenvalue weighted by atomic mass is 32.2. The van der Waals surface area contributed by atoms with Crippen LogP contribution in [0.2, 0.25) is 0 Å². The molecule has 0 N–H and O–H groups in total. The zero-order valence-electron chi connectivity index (χ0n) is 16.9. The molecule has 30 heavy (non-hydrogen) atoms. The summed E-state index contributed by atoms with van der Waals surface area (Å²) < 4.78 is 44.5. The molecule has 0 bridgehead atoms. The van der Waals surface area contributed by atoms with Gasteiger partial charge in [-0.2, -0.15) is 13.1 Å². The lowest BCUT2D eigenvalue weighted by atomic mass is 9.98. The van der Waals surface area contributed by atoms with Crippen molar-refractivity contribution in [1.29, 1.82) is 0 Å². The molecule has 0 saturated carbocycles. The molecular weight excluding hydrogens is 422 g/mol. The lowest BCUT2D eigenvalue weighted by Gasteiger charge is -2.34. The quantitative estimate of drug-likeness (QED) is 0.610. The van der Waals surface area contributed by atoms with E-state index in [1.54, 1.807) is 22.5 Å². The van der Waals surface area contributed by atoms with Gasteiger partial charge in [0.2, 0.25) is 10.0 Å². The summed E-state index contributed by atoms with van der Waals surface area (Å²) in [5.41, 5.74) is 2.25. The third kappa shape index (κ3) is 3.45. The molecule has 2 saturated heterocycles. The predicted molar refractivity (Wildman–Crippen MR) is 114 cm³/mol. The normalized spacial score (nSPS) is 20.2. The van der Waals surface area contributed by atoms with E-state index in [0.29, 0.717) is 30.0 Å². The van der Waals surface area contributed by atoms with Crippen LogP contribution in [0.4, 0.5) is 0 Å². The molecule has 8 nitrogen and oxygen atoms in total. The van der Waals surface area contributed by atoms with Crippen molar-refractivity contribution in [1.82, 2.24) is 22.6 Å². The van der Waals surface area contributed by atoms with Gasteiger partial charge in [0.05, 0.1) is 11.7 Å². The standard InChI is InChI=1S/C20H25N5O3S2/c1-14-13-21-20(15-7-11-28-12-8-15)25(14)16-5-9-24(10-6-16)30(26,27)18-4-2-3-17-19(18)23-29-22-17/h2-4,13,15-16H,5-12H2,1H3. The molecule has 2 aromatic heterocycles. The average molecular weight is 448 g/mol. The first-order chi connectivity index (χ1) is 14.6. The van der Waals surface area contributed by atoms with Crippen LogP contribution in [0.3, 0.4) is 0 Å². The second kappa shape index (κ2) is 7.99. The van der Waals surface area contributed by atoms with Gasteiger partial charge in [0.25, 0.3) is 0 Å². The third-order valence-electron chi connectivity index (χ3n) is 6.25. The highest BCUT2D eigenvalue weighted by Crippen LogP contribution is 2.34. The van der Waals surface area contributed by atoms with Crippen LogP contribution in [0.25, 0.3) is 11.0 Å². The van der Waals surface area contributed by atoms with Crippen LogP contribution in [0.1, 0.15) is 49.2 Å². The zero-order chi connectivity index (χ0) is 20.7. The van der Waals surface area contributed by atoms with Gasteiger partial charge >= 0.3 is 0 Å². The lowest BCUT2D eigenvalue weighted by Crippen LogP contribution is -2.39. The minimum Gasteiger partial charge on any atom is -0.381 e. The van der Waals surface area contributed by atoms with E-state index in [4.69, 9.17) is 9.72 Å². The number of piperidine rings is 1. The summed E-state index contributed by atoms with van der Waals surface area (Å²) in [5.74, 6) is 1.56. The van der Waals surface area contributed by atoms with E-state index in [9.17, 15) is 8.42 Å². The number of aromatic nitrogens is 4. The van der Waals surface area contributed by atoms with Crippen molar-refractivity contribution in [2.45, 2.75) is 49.5 Å². The molecule has 0 atom stereocenters. The summed E-state index contributed by atoms with van der Waals surface area (Å²) in [4.78, 5) is 4.98. The number of ether oxygens (including phenoxy) is 1. The molecule has 0 radical (unpaired) electrons. The van der Waals surface area contributed by atoms with Crippen molar-refractivity contribution < 1.29 is 13.2 Å². The fourth-order valence-corrected chi connectivity index (χ4v) is 6.89. The lowest BCUT2D eigenvalue weighted by molar-refractivity contribution is 0.0820. The van der Waals surface area contributed by atoms with Crippen molar-refractivity contribution >= 4 is 32.8 Å². The first-order valence-corrected chi connectivity index (χ1v) is 12.6. The molecule has 10 heteroatoms. The van der Waals surface area contributed by atoms with Gasteiger partial charge < -0.3 is 9.30 Å². The van der Waals surface area contributed by atoms with E-state index in [1.165, 1.54) is 0 Å². The van der Waals surface area contributed by atoms with Gasteiger partial charge in [-0.1, -0.05) is 6.07 Å². The molecule has 3 aromatic rings. The Balaban J connectivity index is 1.36. The summed E-state index contributed by atoms with van der Waals surface area (Å²) in [7, 11) is -3.60. The Morgan fingerprint density at radius 2 is 1.87 bits per heavy atom. The molecule has 160 valence electrons. The van der Waals surface area contributed by atoms with Crippen LogP contribution in [0.5, 0.6) is 0 Å². The Labute approximate surface area is 180 Å². The Morgan fingerprint density at radius 1 is 1.10 bits per heavy atom. The number of benzene rings is 1. The smallest absolute Gasteiger partial charge is 0.245 e. The van der Waals surface area contributed by atoms with Gasteiger partial charge in [-0.25, -0.2) is 13.4 Å². The number of rotatable bonds is 4. The van der Waals surface area contributed by atoms with Gasteiger partial charge in [-0.3, -0.25) is 0 Å². The summed E-state index contributed by atoms with van der Waals surface area (Å²) in [6.45, 7) is 4.64. The van der Waals surface area contributed by atoms with E-state index in [1.807, 2.05) is 6.20 Å². The first kappa shape index (κ1) is 20.0. The largest absolute Gasteiger partial charge is 0.381 e. The maximum absolute atomic E-state index is 13.3. The summed E-state index contributed by atoms with van der Waals surface area (Å²) >= 11 is 1.04. The van der Waals surface area contributed by atoms with Gasteiger partial charge in [-0.15, -0.1) is 0 Å². The molecule has 2 aliphatic rings. The minimum atomic E-state index is -3.60. The van der Waals surface area contributed by atoms with E-state index < -0.39 is 10.0 Å². The number of imidazole rings is 1. The van der Waals surface area contributed by atoms with E-state index >= 15 is 0 Å². The fourth-order valence-electron chi connectivity index (χ4n) is 4.67. The summed E-state index contributed by atoms with van der Waals surface area (Å²) in [6, 6.07) is 5.44. The highest BCUT2D eigenvalue weighted by molar-refractivity contribution is 7.89. The van der Waals surface area contributed by atoms with E-state index in [2.05, 4.69) is 20.2 Å². The van der Waals surface area contributed by atoms with Crippen molar-refractivity contribution in [3.05, 3.63) is 35.9 Å². The predicted octanol–water partition coefficient (Wildman–Crippen LogP) is 3.12. The Hall–Kier alpha value is -1.88. The number of aryl methyl sites for hydroxylation is 1. The zero-order valence-corrected chi connectivity index (χ0v) is 18.5. The van der Waals surface area contributed by atoms with Gasteiger partial charge in [0.1, 0.15) is 21.8 Å². The first-order valence-electron chi connectivity index (χ1n) is 10.4. The maximum atomic E-state index is 13.3. The van der Waals surface area contributed by atoms with Crippen molar-refractivity contribution in [3.63, 3.8) is 0 Å². The van der Waals surface area contributed by atoms with Crippen molar-refractivity contribution in [3.8, 4) is 0 Å².